The Morgan fingerprint density at radius 3 is 2.19 bits per heavy atom. The molecule has 1 atom stereocenters. The average Bonchev–Trinajstić information content (AvgIpc) is 3.12. The molecule has 162 valence electrons. The van der Waals surface area contributed by atoms with Crippen LogP contribution < -0.4 is 15.0 Å². The van der Waals surface area contributed by atoms with E-state index >= 15 is 0 Å². The number of carbonyl (C=O) groups is 4. The first-order valence-corrected chi connectivity index (χ1v) is 9.96. The van der Waals surface area contributed by atoms with Gasteiger partial charge in [0, 0.05) is 19.4 Å². The first kappa shape index (κ1) is 22.0. The summed E-state index contributed by atoms with van der Waals surface area (Å²) in [6, 6.07) is 13.5. The van der Waals surface area contributed by atoms with Gasteiger partial charge in [0.1, 0.15) is 5.75 Å². The van der Waals surface area contributed by atoms with E-state index in [1.165, 1.54) is 31.2 Å². The maximum absolute atomic E-state index is 12.3. The number of ether oxygens (including phenoxy) is 2. The SMILES string of the molecule is COc1ccc(CCNC(=O)[C@@H](C)OC(=O)c2ccc(N3C(=O)CCC3=O)cc2)cc1. The van der Waals surface area contributed by atoms with Crippen molar-refractivity contribution in [3.05, 3.63) is 59.7 Å². The summed E-state index contributed by atoms with van der Waals surface area (Å²) in [6.07, 6.45) is 0.0394. The lowest BCUT2D eigenvalue weighted by Gasteiger charge is -2.15. The molecule has 0 aromatic heterocycles. The standard InChI is InChI=1S/C23H24N2O6/c1-15(22(28)24-14-13-16-3-9-19(30-2)10-4-16)31-23(29)17-5-7-18(8-6-17)25-20(26)11-12-21(25)27/h3-10,15H,11-14H2,1-2H3,(H,24,28)/t15-/m1/s1. The minimum absolute atomic E-state index is 0.188. The second-order valence-corrected chi connectivity index (χ2v) is 7.11. The highest BCUT2D eigenvalue weighted by atomic mass is 16.5. The van der Waals surface area contributed by atoms with Crippen LogP contribution in [0.1, 0.15) is 35.7 Å². The quantitative estimate of drug-likeness (QED) is 0.515. The number of methoxy groups -OCH3 is 1. The van der Waals surface area contributed by atoms with E-state index < -0.39 is 18.0 Å². The summed E-state index contributed by atoms with van der Waals surface area (Å²) >= 11 is 0. The normalized spacial score (nSPS) is 14.3. The number of hydrogen-bond acceptors (Lipinski definition) is 6. The predicted molar refractivity (Wildman–Crippen MR) is 113 cm³/mol. The maximum Gasteiger partial charge on any atom is 0.338 e. The van der Waals surface area contributed by atoms with Crippen molar-refractivity contribution in [3.63, 3.8) is 0 Å². The molecule has 1 fully saturated rings. The molecule has 0 bridgehead atoms. The number of esters is 1. The van der Waals surface area contributed by atoms with Crippen molar-refractivity contribution in [3.8, 4) is 5.75 Å². The third-order valence-electron chi connectivity index (χ3n) is 4.94. The van der Waals surface area contributed by atoms with E-state index in [1.54, 1.807) is 7.11 Å². The van der Waals surface area contributed by atoms with Crippen LogP contribution in [-0.4, -0.2) is 43.4 Å². The summed E-state index contributed by atoms with van der Waals surface area (Å²) in [5, 5.41) is 2.74. The molecule has 3 rings (SSSR count). The van der Waals surface area contributed by atoms with E-state index in [9.17, 15) is 19.2 Å². The molecule has 1 N–H and O–H groups in total. The van der Waals surface area contributed by atoms with Crippen LogP contribution >= 0.6 is 0 Å². The minimum Gasteiger partial charge on any atom is -0.497 e. The van der Waals surface area contributed by atoms with Gasteiger partial charge < -0.3 is 14.8 Å². The molecule has 2 aromatic carbocycles. The summed E-state index contributed by atoms with van der Waals surface area (Å²) in [5.74, 6) is -0.823. The fourth-order valence-corrected chi connectivity index (χ4v) is 3.16. The Hall–Kier alpha value is -3.68. The number of nitrogens with one attached hydrogen (secondary N) is 1. The summed E-state index contributed by atoms with van der Waals surface area (Å²) in [5.41, 5.74) is 1.68. The molecule has 8 nitrogen and oxygen atoms in total. The zero-order valence-corrected chi connectivity index (χ0v) is 17.4. The van der Waals surface area contributed by atoms with Crippen LogP contribution in [0.25, 0.3) is 0 Å². The Morgan fingerprint density at radius 2 is 1.61 bits per heavy atom. The van der Waals surface area contributed by atoms with Crippen LogP contribution in [-0.2, 0) is 25.5 Å². The van der Waals surface area contributed by atoms with Gasteiger partial charge in [-0.05, 0) is 55.3 Å². The van der Waals surface area contributed by atoms with Gasteiger partial charge in [-0.1, -0.05) is 12.1 Å². The second kappa shape index (κ2) is 9.88. The Bertz CT molecular complexity index is 953. The largest absolute Gasteiger partial charge is 0.497 e. The monoisotopic (exact) mass is 424 g/mol. The Balaban J connectivity index is 1.48. The summed E-state index contributed by atoms with van der Waals surface area (Å²) in [7, 11) is 1.60. The molecule has 8 heteroatoms. The van der Waals surface area contributed by atoms with Gasteiger partial charge in [-0.3, -0.25) is 19.3 Å². The first-order chi connectivity index (χ1) is 14.9. The number of carbonyl (C=O) groups excluding carboxylic acids is 4. The molecular formula is C23H24N2O6. The lowest BCUT2D eigenvalue weighted by Crippen LogP contribution is -2.36. The zero-order valence-electron chi connectivity index (χ0n) is 17.4. The van der Waals surface area contributed by atoms with Crippen molar-refractivity contribution in [2.24, 2.45) is 0 Å². The second-order valence-electron chi connectivity index (χ2n) is 7.11. The summed E-state index contributed by atoms with van der Waals surface area (Å²) in [6.45, 7) is 1.90. The van der Waals surface area contributed by atoms with E-state index in [0.717, 1.165) is 16.2 Å². The minimum atomic E-state index is -0.968. The molecule has 0 spiro atoms. The van der Waals surface area contributed by atoms with Gasteiger partial charge in [0.15, 0.2) is 6.10 Å². The third kappa shape index (κ3) is 5.48. The lowest BCUT2D eigenvalue weighted by atomic mass is 10.1. The smallest absolute Gasteiger partial charge is 0.338 e. The molecule has 31 heavy (non-hydrogen) atoms. The highest BCUT2D eigenvalue weighted by Gasteiger charge is 2.30. The van der Waals surface area contributed by atoms with E-state index in [-0.39, 0.29) is 30.2 Å². The van der Waals surface area contributed by atoms with Crippen molar-refractivity contribution < 1.29 is 28.7 Å². The fraction of sp³-hybridized carbons (Fsp3) is 0.304. The number of rotatable bonds is 8. The van der Waals surface area contributed by atoms with Gasteiger partial charge in [-0.15, -0.1) is 0 Å². The van der Waals surface area contributed by atoms with Crippen molar-refractivity contribution in [1.29, 1.82) is 0 Å². The van der Waals surface area contributed by atoms with Crippen molar-refractivity contribution in [2.45, 2.75) is 32.3 Å². The Morgan fingerprint density at radius 1 is 1.00 bits per heavy atom. The van der Waals surface area contributed by atoms with Crippen LogP contribution in [0.4, 0.5) is 5.69 Å². The first-order valence-electron chi connectivity index (χ1n) is 9.96. The average molecular weight is 424 g/mol. The number of amides is 3. The van der Waals surface area contributed by atoms with E-state index in [4.69, 9.17) is 9.47 Å². The van der Waals surface area contributed by atoms with Crippen molar-refractivity contribution in [1.82, 2.24) is 5.32 Å². The molecule has 0 radical (unpaired) electrons. The Kier molecular flexibility index (Phi) is 7.02. The van der Waals surface area contributed by atoms with Crippen LogP contribution in [0, 0.1) is 0 Å². The van der Waals surface area contributed by atoms with Gasteiger partial charge in [0.05, 0.1) is 18.4 Å². The van der Waals surface area contributed by atoms with E-state index in [0.29, 0.717) is 18.7 Å². The predicted octanol–water partition coefficient (Wildman–Crippen LogP) is 2.25. The molecule has 0 unspecified atom stereocenters. The maximum atomic E-state index is 12.3. The van der Waals surface area contributed by atoms with Crippen LogP contribution in [0.15, 0.2) is 48.5 Å². The molecule has 1 heterocycles. The highest BCUT2D eigenvalue weighted by Crippen LogP contribution is 2.23. The number of benzene rings is 2. The highest BCUT2D eigenvalue weighted by molar-refractivity contribution is 6.19. The zero-order chi connectivity index (χ0) is 22.4. The van der Waals surface area contributed by atoms with E-state index in [1.807, 2.05) is 24.3 Å². The molecule has 2 aromatic rings. The van der Waals surface area contributed by atoms with Crippen molar-refractivity contribution in [2.75, 3.05) is 18.6 Å². The molecule has 1 aliphatic heterocycles. The summed E-state index contributed by atoms with van der Waals surface area (Å²) < 4.78 is 10.3. The van der Waals surface area contributed by atoms with Gasteiger partial charge >= 0.3 is 5.97 Å². The van der Waals surface area contributed by atoms with Gasteiger partial charge in [0.2, 0.25) is 11.8 Å². The van der Waals surface area contributed by atoms with Crippen LogP contribution in [0.3, 0.4) is 0 Å². The number of hydrogen-bond donors (Lipinski definition) is 1. The lowest BCUT2D eigenvalue weighted by molar-refractivity contribution is -0.129. The number of nitrogens with zero attached hydrogens (tertiary/aromatic N) is 1. The van der Waals surface area contributed by atoms with Crippen LogP contribution in [0.2, 0.25) is 0 Å². The molecule has 0 aliphatic carbocycles. The molecule has 1 saturated heterocycles. The topological polar surface area (TPSA) is 102 Å². The van der Waals surface area contributed by atoms with E-state index in [2.05, 4.69) is 5.32 Å². The Labute approximate surface area is 180 Å². The molecular weight excluding hydrogens is 400 g/mol. The van der Waals surface area contributed by atoms with Crippen LogP contribution in [0.5, 0.6) is 5.75 Å². The van der Waals surface area contributed by atoms with Gasteiger partial charge in [-0.2, -0.15) is 0 Å². The summed E-state index contributed by atoms with van der Waals surface area (Å²) in [4.78, 5) is 49.2. The number of anilines is 1. The molecule has 3 amide bonds. The van der Waals surface area contributed by atoms with Gasteiger partial charge in [-0.25, -0.2) is 4.79 Å². The fourth-order valence-electron chi connectivity index (χ4n) is 3.16. The third-order valence-corrected chi connectivity index (χ3v) is 4.94. The van der Waals surface area contributed by atoms with Crippen molar-refractivity contribution >= 4 is 29.4 Å². The molecule has 0 saturated carbocycles. The van der Waals surface area contributed by atoms with Gasteiger partial charge in [0.25, 0.3) is 5.91 Å². The molecule has 1 aliphatic rings. The number of imide groups is 1.